The highest BCUT2D eigenvalue weighted by molar-refractivity contribution is 7.07. The quantitative estimate of drug-likeness (QED) is 0.741. The van der Waals surface area contributed by atoms with Gasteiger partial charge in [-0.05, 0) is 0 Å². The molecule has 0 saturated carbocycles. The second-order valence-corrected chi connectivity index (χ2v) is 5.37. The number of hydrogen-bond acceptors (Lipinski definition) is 3. The highest BCUT2D eigenvalue weighted by Gasteiger charge is 2.23. The van der Waals surface area contributed by atoms with E-state index in [2.05, 4.69) is 36.2 Å². The van der Waals surface area contributed by atoms with Crippen molar-refractivity contribution < 1.29 is 0 Å². The van der Waals surface area contributed by atoms with Crippen LogP contribution in [0.25, 0.3) is 11.3 Å². The minimum Gasteiger partial charge on any atom is -0.271 e. The molecule has 0 atom stereocenters. The molecule has 0 unspecified atom stereocenters. The molecule has 2 aromatic heterocycles. The van der Waals surface area contributed by atoms with E-state index in [0.717, 1.165) is 11.3 Å². The van der Waals surface area contributed by atoms with Crippen molar-refractivity contribution >= 4 is 11.3 Å². The summed E-state index contributed by atoms with van der Waals surface area (Å²) in [6.45, 7) is 6.58. The Kier molecular flexibility index (Phi) is 2.38. The fourth-order valence-electron chi connectivity index (χ4n) is 1.86. The van der Waals surface area contributed by atoms with Gasteiger partial charge in [-0.2, -0.15) is 5.10 Å². The average molecular weight is 221 g/mol. The van der Waals surface area contributed by atoms with Crippen LogP contribution < -0.4 is 0 Å². The van der Waals surface area contributed by atoms with Crippen molar-refractivity contribution in [3.63, 3.8) is 0 Å². The summed E-state index contributed by atoms with van der Waals surface area (Å²) in [6.07, 6.45) is 1.90. The minimum atomic E-state index is 0.0875. The molecule has 0 fully saturated rings. The number of aryl methyl sites for hydroxylation is 1. The molecule has 0 N–H and O–H groups in total. The predicted octanol–water partition coefficient (Wildman–Crippen LogP) is 2.84. The molecule has 0 amide bonds. The van der Waals surface area contributed by atoms with Crippen molar-refractivity contribution in [2.24, 2.45) is 7.05 Å². The van der Waals surface area contributed by atoms with Gasteiger partial charge in [-0.25, -0.2) is 4.98 Å². The molecule has 80 valence electrons. The first-order chi connectivity index (χ1) is 7.00. The van der Waals surface area contributed by atoms with E-state index in [1.165, 1.54) is 5.69 Å². The van der Waals surface area contributed by atoms with Crippen molar-refractivity contribution in [3.05, 3.63) is 22.8 Å². The van der Waals surface area contributed by atoms with Crippen molar-refractivity contribution in [2.75, 3.05) is 0 Å². The summed E-state index contributed by atoms with van der Waals surface area (Å²) in [5, 5.41) is 6.38. The van der Waals surface area contributed by atoms with Gasteiger partial charge < -0.3 is 0 Å². The summed E-state index contributed by atoms with van der Waals surface area (Å²) < 4.78 is 1.94. The van der Waals surface area contributed by atoms with Crippen molar-refractivity contribution in [1.29, 1.82) is 0 Å². The maximum absolute atomic E-state index is 4.34. The van der Waals surface area contributed by atoms with E-state index in [0.29, 0.717) is 0 Å². The maximum atomic E-state index is 4.34. The van der Waals surface area contributed by atoms with Crippen molar-refractivity contribution in [3.8, 4) is 11.3 Å². The van der Waals surface area contributed by atoms with Gasteiger partial charge in [0.25, 0.3) is 0 Å². The van der Waals surface area contributed by atoms with E-state index in [1.807, 2.05) is 23.4 Å². The van der Waals surface area contributed by atoms with Gasteiger partial charge in [0.2, 0.25) is 0 Å². The summed E-state index contributed by atoms with van der Waals surface area (Å²) in [5.41, 5.74) is 5.34. The first-order valence-corrected chi connectivity index (χ1v) is 5.85. The smallest absolute Gasteiger partial charge is 0.0845 e. The zero-order valence-corrected chi connectivity index (χ0v) is 10.3. The number of nitrogens with zero attached hydrogens (tertiary/aromatic N) is 3. The molecule has 0 aliphatic heterocycles. The Morgan fingerprint density at radius 1 is 1.33 bits per heavy atom. The SMILES string of the molecule is Cn1ncc(-c2cscn2)c1C(C)(C)C. The number of thiazole rings is 1. The fourth-order valence-corrected chi connectivity index (χ4v) is 2.41. The first kappa shape index (κ1) is 10.4. The number of aromatic nitrogens is 3. The van der Waals surface area contributed by atoms with Gasteiger partial charge >= 0.3 is 0 Å². The summed E-state index contributed by atoms with van der Waals surface area (Å²) in [5.74, 6) is 0. The van der Waals surface area contributed by atoms with E-state index in [-0.39, 0.29) is 5.41 Å². The first-order valence-electron chi connectivity index (χ1n) is 4.91. The molecule has 2 aromatic rings. The molecule has 0 radical (unpaired) electrons. The topological polar surface area (TPSA) is 30.7 Å². The van der Waals surface area contributed by atoms with Gasteiger partial charge in [-0.15, -0.1) is 11.3 Å². The maximum Gasteiger partial charge on any atom is 0.0845 e. The molecule has 0 bridgehead atoms. The molecule has 0 spiro atoms. The Labute approximate surface area is 93.8 Å². The number of rotatable bonds is 1. The van der Waals surface area contributed by atoms with E-state index < -0.39 is 0 Å². The molecule has 0 saturated heterocycles. The van der Waals surface area contributed by atoms with Crippen LogP contribution in [0.2, 0.25) is 0 Å². The second-order valence-electron chi connectivity index (χ2n) is 4.65. The Hall–Kier alpha value is -1.16. The largest absolute Gasteiger partial charge is 0.271 e. The van der Waals surface area contributed by atoms with Crippen LogP contribution >= 0.6 is 11.3 Å². The lowest BCUT2D eigenvalue weighted by atomic mass is 9.88. The van der Waals surface area contributed by atoms with Gasteiger partial charge in [-0.1, -0.05) is 20.8 Å². The molecular weight excluding hydrogens is 206 g/mol. The standard InChI is InChI=1S/C11H15N3S/c1-11(2,3)10-8(5-13-14(10)4)9-6-15-7-12-9/h5-7H,1-4H3. The second kappa shape index (κ2) is 3.45. The normalized spacial score (nSPS) is 12.0. The minimum absolute atomic E-state index is 0.0875. The highest BCUT2D eigenvalue weighted by Crippen LogP contribution is 2.31. The third-order valence-electron chi connectivity index (χ3n) is 2.36. The van der Waals surface area contributed by atoms with Gasteiger partial charge in [0, 0.05) is 23.4 Å². The zero-order chi connectivity index (χ0) is 11.1. The van der Waals surface area contributed by atoms with E-state index in [9.17, 15) is 0 Å². The lowest BCUT2D eigenvalue weighted by Gasteiger charge is -2.20. The lowest BCUT2D eigenvalue weighted by molar-refractivity contribution is 0.524. The molecule has 2 rings (SSSR count). The van der Waals surface area contributed by atoms with Crippen LogP contribution in [0.4, 0.5) is 0 Å². The molecule has 15 heavy (non-hydrogen) atoms. The zero-order valence-electron chi connectivity index (χ0n) is 9.48. The van der Waals surface area contributed by atoms with Crippen LogP contribution in [-0.2, 0) is 12.5 Å². The summed E-state index contributed by atoms with van der Waals surface area (Å²) in [6, 6.07) is 0. The Morgan fingerprint density at radius 3 is 2.60 bits per heavy atom. The van der Waals surface area contributed by atoms with Crippen LogP contribution in [0, 0.1) is 0 Å². The highest BCUT2D eigenvalue weighted by atomic mass is 32.1. The van der Waals surface area contributed by atoms with Gasteiger partial charge in [0.15, 0.2) is 0 Å². The predicted molar refractivity (Wildman–Crippen MR) is 63.0 cm³/mol. The van der Waals surface area contributed by atoms with Crippen LogP contribution in [0.3, 0.4) is 0 Å². The third-order valence-corrected chi connectivity index (χ3v) is 2.94. The molecule has 0 aliphatic carbocycles. The van der Waals surface area contributed by atoms with E-state index >= 15 is 0 Å². The van der Waals surface area contributed by atoms with Crippen LogP contribution in [-0.4, -0.2) is 14.8 Å². The van der Waals surface area contributed by atoms with Gasteiger partial charge in [0.1, 0.15) is 0 Å². The summed E-state index contributed by atoms with van der Waals surface area (Å²) in [4.78, 5) is 4.34. The Bertz CT molecular complexity index is 449. The average Bonchev–Trinajstić information content (AvgIpc) is 2.68. The molecular formula is C11H15N3S. The lowest BCUT2D eigenvalue weighted by Crippen LogP contribution is -2.17. The summed E-state index contributed by atoms with van der Waals surface area (Å²) in [7, 11) is 1.98. The van der Waals surface area contributed by atoms with Crippen LogP contribution in [0.15, 0.2) is 17.1 Å². The monoisotopic (exact) mass is 221 g/mol. The van der Waals surface area contributed by atoms with Gasteiger partial charge in [-0.3, -0.25) is 4.68 Å². The Balaban J connectivity index is 2.59. The molecule has 0 aliphatic rings. The number of hydrogen-bond donors (Lipinski definition) is 0. The van der Waals surface area contributed by atoms with E-state index in [1.54, 1.807) is 11.3 Å². The molecule has 4 heteroatoms. The molecule has 3 nitrogen and oxygen atoms in total. The molecule has 0 aromatic carbocycles. The molecule has 2 heterocycles. The third kappa shape index (κ3) is 1.81. The fraction of sp³-hybridized carbons (Fsp3) is 0.455. The summed E-state index contributed by atoms with van der Waals surface area (Å²) >= 11 is 1.61. The van der Waals surface area contributed by atoms with Crippen molar-refractivity contribution in [2.45, 2.75) is 26.2 Å². The van der Waals surface area contributed by atoms with Crippen LogP contribution in [0.5, 0.6) is 0 Å². The Morgan fingerprint density at radius 2 is 2.07 bits per heavy atom. The van der Waals surface area contributed by atoms with Crippen molar-refractivity contribution in [1.82, 2.24) is 14.8 Å². The van der Waals surface area contributed by atoms with Gasteiger partial charge in [0.05, 0.1) is 23.1 Å². The van der Waals surface area contributed by atoms with E-state index in [4.69, 9.17) is 0 Å². The van der Waals surface area contributed by atoms with Crippen LogP contribution in [0.1, 0.15) is 26.5 Å².